The molecule has 0 aliphatic carbocycles. The van der Waals surface area contributed by atoms with Gasteiger partial charge in [-0.25, -0.2) is 0 Å². The van der Waals surface area contributed by atoms with Gasteiger partial charge in [-0.05, 0) is 17.7 Å². The van der Waals surface area contributed by atoms with Crippen LogP contribution in [-0.4, -0.2) is 11.5 Å². The van der Waals surface area contributed by atoms with Crippen molar-refractivity contribution in [3.05, 3.63) is 30.0 Å². The lowest BCUT2D eigenvalue weighted by Gasteiger charge is -2.21. The molecule has 3 heteroatoms. The van der Waals surface area contributed by atoms with Gasteiger partial charge < -0.3 is 16.5 Å². The van der Waals surface area contributed by atoms with E-state index in [2.05, 4.69) is 18.8 Å². The number of rotatable bonds is 2. The third-order valence-electron chi connectivity index (χ3n) is 2.95. The van der Waals surface area contributed by atoms with Crippen LogP contribution in [0.3, 0.4) is 0 Å². The number of nitrogens with two attached hydrogens (primary N) is 2. The van der Waals surface area contributed by atoms with Crippen LogP contribution in [0.2, 0.25) is 0 Å². The first-order valence-corrected chi connectivity index (χ1v) is 5.12. The molecule has 0 bridgehead atoms. The summed E-state index contributed by atoms with van der Waals surface area (Å²) >= 11 is 0. The first-order valence-electron chi connectivity index (χ1n) is 5.12. The van der Waals surface area contributed by atoms with Gasteiger partial charge in [0.25, 0.3) is 0 Å². The number of anilines is 1. The summed E-state index contributed by atoms with van der Waals surface area (Å²) in [6.07, 6.45) is 2.02. The van der Waals surface area contributed by atoms with Crippen molar-refractivity contribution in [3.8, 4) is 0 Å². The first-order chi connectivity index (χ1) is 7.04. The zero-order valence-corrected chi connectivity index (χ0v) is 9.17. The summed E-state index contributed by atoms with van der Waals surface area (Å²) < 4.78 is 0. The van der Waals surface area contributed by atoms with E-state index in [0.717, 1.165) is 11.2 Å². The van der Waals surface area contributed by atoms with E-state index in [1.807, 2.05) is 24.4 Å². The van der Waals surface area contributed by atoms with E-state index in [9.17, 15) is 0 Å². The molecule has 5 N–H and O–H groups in total. The summed E-state index contributed by atoms with van der Waals surface area (Å²) in [5, 5.41) is 1.21. The highest BCUT2D eigenvalue weighted by molar-refractivity contribution is 5.86. The minimum absolute atomic E-state index is 0.00559. The summed E-state index contributed by atoms with van der Waals surface area (Å²) in [4.78, 5) is 3.23. The number of nitrogens with one attached hydrogen (secondary N) is 1. The summed E-state index contributed by atoms with van der Waals surface area (Å²) in [7, 11) is 0. The van der Waals surface area contributed by atoms with Gasteiger partial charge in [-0.15, -0.1) is 0 Å². The van der Waals surface area contributed by atoms with Crippen molar-refractivity contribution in [2.24, 2.45) is 5.73 Å². The van der Waals surface area contributed by atoms with Gasteiger partial charge in [0.15, 0.2) is 0 Å². The first kappa shape index (κ1) is 10.1. The van der Waals surface area contributed by atoms with Crippen molar-refractivity contribution in [2.45, 2.75) is 19.3 Å². The van der Waals surface area contributed by atoms with Gasteiger partial charge in [-0.2, -0.15) is 0 Å². The van der Waals surface area contributed by atoms with E-state index in [0.29, 0.717) is 6.54 Å². The highest BCUT2D eigenvalue weighted by Crippen LogP contribution is 2.30. The Morgan fingerprint density at radius 2 is 2.07 bits per heavy atom. The number of aromatic nitrogens is 1. The van der Waals surface area contributed by atoms with Crippen molar-refractivity contribution in [3.63, 3.8) is 0 Å². The van der Waals surface area contributed by atoms with Crippen LogP contribution in [0.15, 0.2) is 24.4 Å². The lowest BCUT2D eigenvalue weighted by molar-refractivity contribution is 0.544. The van der Waals surface area contributed by atoms with Crippen LogP contribution in [0.1, 0.15) is 19.4 Å². The topological polar surface area (TPSA) is 67.8 Å². The van der Waals surface area contributed by atoms with E-state index in [4.69, 9.17) is 11.5 Å². The Balaban J connectivity index is 2.64. The fraction of sp³-hybridized carbons (Fsp3) is 0.333. The third-order valence-corrected chi connectivity index (χ3v) is 2.95. The van der Waals surface area contributed by atoms with Crippen LogP contribution in [0.4, 0.5) is 5.69 Å². The van der Waals surface area contributed by atoms with E-state index < -0.39 is 0 Å². The van der Waals surface area contributed by atoms with Gasteiger partial charge in [-0.1, -0.05) is 19.9 Å². The molecule has 0 atom stereocenters. The van der Waals surface area contributed by atoms with Crippen molar-refractivity contribution in [2.75, 3.05) is 12.3 Å². The normalized spacial score (nSPS) is 12.2. The number of aromatic amines is 1. The molecule has 0 amide bonds. The maximum Gasteiger partial charge on any atom is 0.0477 e. The molecule has 0 radical (unpaired) electrons. The van der Waals surface area contributed by atoms with Gasteiger partial charge in [0.05, 0.1) is 0 Å². The molecule has 0 unspecified atom stereocenters. The molecule has 3 nitrogen and oxygen atoms in total. The second kappa shape index (κ2) is 3.28. The predicted octanol–water partition coefficient (Wildman–Crippen LogP) is 1.99. The molecule has 2 aromatic rings. The summed E-state index contributed by atoms with van der Waals surface area (Å²) in [6.45, 7) is 4.92. The molecular formula is C12H17N3. The van der Waals surface area contributed by atoms with Gasteiger partial charge in [0.2, 0.25) is 0 Å². The Morgan fingerprint density at radius 1 is 1.33 bits per heavy atom. The highest BCUT2D eigenvalue weighted by atomic mass is 14.7. The van der Waals surface area contributed by atoms with Crippen molar-refractivity contribution < 1.29 is 0 Å². The number of benzene rings is 1. The van der Waals surface area contributed by atoms with Crippen LogP contribution in [0.25, 0.3) is 10.9 Å². The molecule has 1 heterocycles. The maximum atomic E-state index is 5.78. The second-order valence-corrected chi connectivity index (χ2v) is 4.60. The smallest absolute Gasteiger partial charge is 0.0477 e. The molecular weight excluding hydrogens is 186 g/mol. The van der Waals surface area contributed by atoms with E-state index in [1.165, 1.54) is 10.9 Å². The van der Waals surface area contributed by atoms with E-state index >= 15 is 0 Å². The van der Waals surface area contributed by atoms with E-state index in [1.54, 1.807) is 0 Å². The average molecular weight is 203 g/mol. The molecule has 1 aromatic heterocycles. The summed E-state index contributed by atoms with van der Waals surface area (Å²) in [5.74, 6) is 0. The Labute approximate surface area is 89.5 Å². The van der Waals surface area contributed by atoms with Crippen molar-refractivity contribution in [1.29, 1.82) is 0 Å². The van der Waals surface area contributed by atoms with Crippen LogP contribution in [0.5, 0.6) is 0 Å². The molecule has 2 rings (SSSR count). The SMILES string of the molecule is CC(C)(CN)c1c[nH]c2cc(N)ccc12. The molecule has 0 saturated carbocycles. The number of nitrogen functional groups attached to an aromatic ring is 1. The monoisotopic (exact) mass is 203 g/mol. The number of fused-ring (bicyclic) bond motifs is 1. The molecule has 1 aromatic carbocycles. The van der Waals surface area contributed by atoms with Gasteiger partial charge >= 0.3 is 0 Å². The third kappa shape index (κ3) is 1.59. The molecule has 0 saturated heterocycles. The zero-order chi connectivity index (χ0) is 11.1. The van der Waals surface area contributed by atoms with E-state index in [-0.39, 0.29) is 5.41 Å². The lowest BCUT2D eigenvalue weighted by atomic mass is 9.85. The lowest BCUT2D eigenvalue weighted by Crippen LogP contribution is -2.27. The Hall–Kier alpha value is -1.48. The predicted molar refractivity (Wildman–Crippen MR) is 64.8 cm³/mol. The molecule has 80 valence electrons. The quantitative estimate of drug-likeness (QED) is 0.653. The minimum atomic E-state index is -0.00559. The summed E-state index contributed by atoms with van der Waals surface area (Å²) in [5.41, 5.74) is 14.6. The Bertz CT molecular complexity index is 483. The largest absolute Gasteiger partial charge is 0.399 e. The number of H-pyrrole nitrogens is 1. The van der Waals surface area contributed by atoms with Gasteiger partial charge in [0.1, 0.15) is 0 Å². The molecule has 0 fully saturated rings. The zero-order valence-electron chi connectivity index (χ0n) is 9.17. The van der Waals surface area contributed by atoms with Crippen LogP contribution >= 0.6 is 0 Å². The fourth-order valence-electron chi connectivity index (χ4n) is 1.81. The Morgan fingerprint density at radius 3 is 2.73 bits per heavy atom. The van der Waals surface area contributed by atoms with Crippen LogP contribution in [0, 0.1) is 0 Å². The molecule has 15 heavy (non-hydrogen) atoms. The molecule has 0 spiro atoms. The minimum Gasteiger partial charge on any atom is -0.399 e. The highest BCUT2D eigenvalue weighted by Gasteiger charge is 2.21. The summed E-state index contributed by atoms with van der Waals surface area (Å²) in [6, 6.07) is 5.92. The fourth-order valence-corrected chi connectivity index (χ4v) is 1.81. The van der Waals surface area contributed by atoms with Gasteiger partial charge in [0, 0.05) is 34.7 Å². The van der Waals surface area contributed by atoms with Gasteiger partial charge in [-0.3, -0.25) is 0 Å². The molecule has 0 aliphatic rings. The number of hydrogen-bond acceptors (Lipinski definition) is 2. The van der Waals surface area contributed by atoms with Crippen molar-refractivity contribution in [1.82, 2.24) is 4.98 Å². The van der Waals surface area contributed by atoms with Crippen LogP contribution < -0.4 is 11.5 Å². The maximum absolute atomic E-state index is 5.78. The van der Waals surface area contributed by atoms with Crippen molar-refractivity contribution >= 4 is 16.6 Å². The second-order valence-electron chi connectivity index (χ2n) is 4.60. The Kier molecular flexibility index (Phi) is 2.20. The van der Waals surface area contributed by atoms with Crippen LogP contribution in [-0.2, 0) is 5.41 Å². The standard InChI is InChI=1S/C12H17N3/c1-12(2,7-13)10-6-15-11-5-8(14)3-4-9(10)11/h3-6,15H,7,13-14H2,1-2H3. The molecule has 0 aliphatic heterocycles. The number of hydrogen-bond donors (Lipinski definition) is 3. The average Bonchev–Trinajstić information content (AvgIpc) is 2.61.